The summed E-state index contributed by atoms with van der Waals surface area (Å²) >= 11 is 0. The molecule has 142 valence electrons. The highest BCUT2D eigenvalue weighted by Gasteiger charge is 2.25. The molecule has 1 aliphatic heterocycles. The molecule has 0 bridgehead atoms. The molecule has 26 heavy (non-hydrogen) atoms. The van der Waals surface area contributed by atoms with Gasteiger partial charge in [-0.2, -0.15) is 5.10 Å². The Hall–Kier alpha value is -2.01. The summed E-state index contributed by atoms with van der Waals surface area (Å²) in [6, 6.07) is 6.13. The van der Waals surface area contributed by atoms with Crippen LogP contribution >= 0.6 is 0 Å². The maximum absolute atomic E-state index is 5.41. The normalized spacial score (nSPS) is 18.3. The van der Waals surface area contributed by atoms with Crippen molar-refractivity contribution < 1.29 is 9.47 Å². The van der Waals surface area contributed by atoms with E-state index in [1.54, 1.807) is 14.2 Å². The fourth-order valence-corrected chi connectivity index (χ4v) is 3.93. The Morgan fingerprint density at radius 3 is 2.58 bits per heavy atom. The first-order valence-electron chi connectivity index (χ1n) is 9.55. The van der Waals surface area contributed by atoms with Gasteiger partial charge in [0.15, 0.2) is 0 Å². The molecule has 0 aliphatic carbocycles. The van der Waals surface area contributed by atoms with E-state index in [0.29, 0.717) is 11.8 Å². The summed E-state index contributed by atoms with van der Waals surface area (Å²) in [5, 5.41) is 7.61. The van der Waals surface area contributed by atoms with Gasteiger partial charge in [-0.1, -0.05) is 13.8 Å². The Bertz CT molecular complexity index is 689. The molecule has 1 saturated heterocycles. The van der Waals surface area contributed by atoms with Gasteiger partial charge in [-0.3, -0.25) is 10.00 Å². The summed E-state index contributed by atoms with van der Waals surface area (Å²) in [7, 11) is 3.40. The van der Waals surface area contributed by atoms with Gasteiger partial charge in [0.1, 0.15) is 11.5 Å². The fourth-order valence-electron chi connectivity index (χ4n) is 3.93. The van der Waals surface area contributed by atoms with Crippen LogP contribution in [-0.4, -0.2) is 42.4 Å². The van der Waals surface area contributed by atoms with Crippen molar-refractivity contribution in [3.63, 3.8) is 0 Å². The van der Waals surface area contributed by atoms with Gasteiger partial charge >= 0.3 is 0 Å². The van der Waals surface area contributed by atoms with E-state index in [1.165, 1.54) is 29.7 Å². The van der Waals surface area contributed by atoms with Crippen LogP contribution in [0.1, 0.15) is 49.4 Å². The number of benzene rings is 1. The van der Waals surface area contributed by atoms with E-state index in [-0.39, 0.29) is 0 Å². The van der Waals surface area contributed by atoms with E-state index < -0.39 is 0 Å². The molecule has 0 spiro atoms. The number of methoxy groups -OCH3 is 2. The first-order valence-corrected chi connectivity index (χ1v) is 9.55. The van der Waals surface area contributed by atoms with Gasteiger partial charge in [-0.05, 0) is 55.0 Å². The zero-order chi connectivity index (χ0) is 18.5. The van der Waals surface area contributed by atoms with Crippen molar-refractivity contribution in [2.75, 3.05) is 27.3 Å². The first-order chi connectivity index (χ1) is 12.6. The van der Waals surface area contributed by atoms with Gasteiger partial charge in [0, 0.05) is 30.8 Å². The smallest absolute Gasteiger partial charge is 0.122 e. The number of hydrogen-bond acceptors (Lipinski definition) is 4. The monoisotopic (exact) mass is 357 g/mol. The van der Waals surface area contributed by atoms with Crippen LogP contribution in [0.25, 0.3) is 0 Å². The Morgan fingerprint density at radius 1 is 1.19 bits per heavy atom. The number of rotatable bonds is 7. The lowest BCUT2D eigenvalue weighted by atomic mass is 9.90. The molecule has 2 aromatic rings. The van der Waals surface area contributed by atoms with Gasteiger partial charge in [-0.15, -0.1) is 0 Å². The van der Waals surface area contributed by atoms with Crippen LogP contribution < -0.4 is 9.47 Å². The zero-order valence-corrected chi connectivity index (χ0v) is 16.4. The number of piperidine rings is 1. The van der Waals surface area contributed by atoms with E-state index >= 15 is 0 Å². The molecular formula is C21H31N3O2. The number of ether oxygens (including phenoxy) is 2. The molecule has 5 nitrogen and oxygen atoms in total. The quantitative estimate of drug-likeness (QED) is 0.813. The highest BCUT2D eigenvalue weighted by molar-refractivity contribution is 5.38. The maximum Gasteiger partial charge on any atom is 0.122 e. The molecule has 1 aromatic carbocycles. The lowest BCUT2D eigenvalue weighted by Gasteiger charge is -2.33. The summed E-state index contributed by atoms with van der Waals surface area (Å²) in [4.78, 5) is 2.53. The second-order valence-electron chi connectivity index (χ2n) is 7.70. The molecule has 1 unspecified atom stereocenters. The first kappa shape index (κ1) is 18.8. The van der Waals surface area contributed by atoms with Crippen molar-refractivity contribution >= 4 is 0 Å². The maximum atomic E-state index is 5.41. The third-order valence-corrected chi connectivity index (χ3v) is 5.11. The Morgan fingerprint density at radius 2 is 1.92 bits per heavy atom. The van der Waals surface area contributed by atoms with E-state index in [0.717, 1.165) is 37.6 Å². The highest BCUT2D eigenvalue weighted by atomic mass is 16.5. The summed E-state index contributed by atoms with van der Waals surface area (Å²) < 4.78 is 10.8. The molecule has 0 saturated carbocycles. The molecular weight excluding hydrogens is 326 g/mol. The van der Waals surface area contributed by atoms with E-state index in [9.17, 15) is 0 Å². The second-order valence-corrected chi connectivity index (χ2v) is 7.70. The minimum absolute atomic E-state index is 0.535. The second kappa shape index (κ2) is 8.58. The van der Waals surface area contributed by atoms with E-state index in [4.69, 9.17) is 9.47 Å². The number of likely N-dealkylation sites (tertiary alicyclic amines) is 1. The topological polar surface area (TPSA) is 50.4 Å². The lowest BCUT2D eigenvalue weighted by Crippen LogP contribution is -2.34. The predicted octanol–water partition coefficient (Wildman–Crippen LogP) is 4.01. The Labute approximate surface area is 156 Å². The van der Waals surface area contributed by atoms with Crippen LogP contribution in [0, 0.1) is 5.92 Å². The Kier molecular flexibility index (Phi) is 6.20. The van der Waals surface area contributed by atoms with E-state index in [2.05, 4.69) is 41.1 Å². The Balaban J connectivity index is 1.70. The van der Waals surface area contributed by atoms with E-state index in [1.807, 2.05) is 12.3 Å². The summed E-state index contributed by atoms with van der Waals surface area (Å²) in [5.74, 6) is 2.88. The molecule has 3 rings (SSSR count). The molecule has 1 atom stereocenters. The average molecular weight is 357 g/mol. The van der Waals surface area contributed by atoms with Crippen molar-refractivity contribution in [3.8, 4) is 11.5 Å². The van der Waals surface area contributed by atoms with Crippen LogP contribution in [0.3, 0.4) is 0 Å². The number of H-pyrrole nitrogens is 1. The number of aromatic amines is 1. The number of nitrogens with one attached hydrogen (secondary N) is 1. The molecule has 5 heteroatoms. The van der Waals surface area contributed by atoms with Crippen LogP contribution in [0.4, 0.5) is 0 Å². The van der Waals surface area contributed by atoms with Crippen molar-refractivity contribution in [3.05, 3.63) is 41.2 Å². The predicted molar refractivity (Wildman–Crippen MR) is 104 cm³/mol. The highest BCUT2D eigenvalue weighted by Crippen LogP contribution is 2.30. The molecule has 1 fully saturated rings. The van der Waals surface area contributed by atoms with Crippen molar-refractivity contribution in [1.82, 2.24) is 15.1 Å². The minimum atomic E-state index is 0.535. The summed E-state index contributed by atoms with van der Waals surface area (Å²) in [5.41, 5.74) is 3.95. The number of aromatic nitrogens is 2. The van der Waals surface area contributed by atoms with Crippen LogP contribution in [0.2, 0.25) is 0 Å². The van der Waals surface area contributed by atoms with Crippen LogP contribution in [0.15, 0.2) is 24.4 Å². The third-order valence-electron chi connectivity index (χ3n) is 5.11. The molecule has 0 amide bonds. The van der Waals surface area contributed by atoms with Gasteiger partial charge in [0.25, 0.3) is 0 Å². The largest absolute Gasteiger partial charge is 0.497 e. The average Bonchev–Trinajstić information content (AvgIpc) is 3.09. The van der Waals surface area contributed by atoms with Crippen molar-refractivity contribution in [2.45, 2.75) is 45.6 Å². The van der Waals surface area contributed by atoms with Gasteiger partial charge in [0.2, 0.25) is 0 Å². The molecule has 0 radical (unpaired) electrons. The lowest BCUT2D eigenvalue weighted by molar-refractivity contribution is 0.197. The minimum Gasteiger partial charge on any atom is -0.497 e. The number of hydrogen-bond donors (Lipinski definition) is 1. The SMILES string of the molecule is COc1cc(CN2CCCC(c3[nH]ncc3CC(C)C)C2)cc(OC)c1. The molecule has 1 N–H and O–H groups in total. The van der Waals surface area contributed by atoms with Crippen LogP contribution in [0.5, 0.6) is 11.5 Å². The molecule has 2 heterocycles. The van der Waals surface area contributed by atoms with Crippen molar-refractivity contribution in [2.24, 2.45) is 5.92 Å². The standard InChI is InChI=1S/C21H31N3O2/c1-15(2)8-18-12-22-23-21(18)17-6-5-7-24(14-17)13-16-9-19(25-3)11-20(10-16)26-4/h9-12,15,17H,5-8,13-14H2,1-4H3,(H,22,23). The fraction of sp³-hybridized carbons (Fsp3) is 0.571. The summed E-state index contributed by atoms with van der Waals surface area (Å²) in [6.07, 6.45) is 5.55. The van der Waals surface area contributed by atoms with Gasteiger partial charge in [-0.25, -0.2) is 0 Å². The van der Waals surface area contributed by atoms with Crippen LogP contribution in [-0.2, 0) is 13.0 Å². The molecule has 1 aliphatic rings. The van der Waals surface area contributed by atoms with Crippen molar-refractivity contribution in [1.29, 1.82) is 0 Å². The third kappa shape index (κ3) is 4.58. The van der Waals surface area contributed by atoms with Gasteiger partial charge in [0.05, 0.1) is 20.4 Å². The zero-order valence-electron chi connectivity index (χ0n) is 16.4. The van der Waals surface area contributed by atoms with Gasteiger partial charge < -0.3 is 9.47 Å². The molecule has 1 aromatic heterocycles. The summed E-state index contributed by atoms with van der Waals surface area (Å²) in [6.45, 7) is 7.63. The number of nitrogens with zero attached hydrogens (tertiary/aromatic N) is 2.